The summed E-state index contributed by atoms with van der Waals surface area (Å²) in [6, 6.07) is 1.40. The first kappa shape index (κ1) is 12.7. The molecule has 0 spiro atoms. The molecule has 1 fully saturated rings. The molecule has 1 aliphatic rings. The van der Waals surface area contributed by atoms with Crippen LogP contribution in [0.5, 0.6) is 0 Å². The lowest BCUT2D eigenvalue weighted by Gasteiger charge is -2.34. The number of hydrogen-bond acceptors (Lipinski definition) is 3. The molecular formula is C13H18N2O3. The lowest BCUT2D eigenvalue weighted by molar-refractivity contribution is -0.146. The highest BCUT2D eigenvalue weighted by atomic mass is 16.3. The zero-order valence-corrected chi connectivity index (χ0v) is 10.7. The van der Waals surface area contributed by atoms with E-state index < -0.39 is 6.04 Å². The van der Waals surface area contributed by atoms with Crippen molar-refractivity contribution in [3.05, 3.63) is 24.2 Å². The Morgan fingerprint density at radius 2 is 2.33 bits per heavy atom. The Hall–Kier alpha value is -1.78. The highest BCUT2D eigenvalue weighted by molar-refractivity contribution is 5.94. The second kappa shape index (κ2) is 5.25. The fraction of sp³-hybridized carbons (Fsp3) is 0.538. The van der Waals surface area contributed by atoms with E-state index in [0.29, 0.717) is 6.54 Å². The van der Waals surface area contributed by atoms with Crippen LogP contribution in [0, 0.1) is 5.92 Å². The maximum Gasteiger partial charge on any atom is 0.246 e. The summed E-state index contributed by atoms with van der Waals surface area (Å²) in [6.45, 7) is 4.54. The van der Waals surface area contributed by atoms with E-state index in [1.54, 1.807) is 23.5 Å². The monoisotopic (exact) mass is 250 g/mol. The Labute approximate surface area is 106 Å². The summed E-state index contributed by atoms with van der Waals surface area (Å²) in [5.74, 6) is 0.0437. The van der Waals surface area contributed by atoms with Crippen molar-refractivity contribution in [1.82, 2.24) is 10.2 Å². The van der Waals surface area contributed by atoms with E-state index in [4.69, 9.17) is 4.42 Å². The molecule has 0 bridgehead atoms. The van der Waals surface area contributed by atoms with Crippen molar-refractivity contribution in [2.45, 2.75) is 32.9 Å². The van der Waals surface area contributed by atoms with Crippen LogP contribution < -0.4 is 5.32 Å². The minimum atomic E-state index is -0.400. The molecule has 2 heterocycles. The van der Waals surface area contributed by atoms with Crippen molar-refractivity contribution >= 4 is 11.8 Å². The van der Waals surface area contributed by atoms with E-state index in [9.17, 15) is 9.59 Å². The maximum atomic E-state index is 12.3. The predicted octanol–water partition coefficient (Wildman–Crippen LogP) is 1.15. The number of piperazine rings is 1. The molecule has 0 aromatic carbocycles. The standard InChI is InChI=1S/C13H18N2O3/c1-3-9(2)12-13(17)15(7-11(16)14-12)6-10-4-5-18-8-10/h4-5,8-9,12H,3,6-7H2,1-2H3,(H,14,16). The first-order valence-electron chi connectivity index (χ1n) is 6.21. The minimum Gasteiger partial charge on any atom is -0.472 e. The van der Waals surface area contributed by atoms with Gasteiger partial charge in [-0.05, 0) is 12.0 Å². The van der Waals surface area contributed by atoms with Crippen molar-refractivity contribution in [1.29, 1.82) is 0 Å². The van der Waals surface area contributed by atoms with Crippen molar-refractivity contribution in [2.24, 2.45) is 5.92 Å². The van der Waals surface area contributed by atoms with Gasteiger partial charge < -0.3 is 14.6 Å². The normalized spacial score (nSPS) is 21.9. The van der Waals surface area contributed by atoms with Crippen molar-refractivity contribution < 1.29 is 14.0 Å². The molecule has 0 radical (unpaired) electrons. The van der Waals surface area contributed by atoms with Crippen molar-refractivity contribution in [3.63, 3.8) is 0 Å². The Bertz CT molecular complexity index is 427. The third-order valence-corrected chi connectivity index (χ3v) is 3.40. The summed E-state index contributed by atoms with van der Waals surface area (Å²) in [6.07, 6.45) is 4.02. The molecule has 1 N–H and O–H groups in total. The average molecular weight is 250 g/mol. The molecule has 5 heteroatoms. The van der Waals surface area contributed by atoms with E-state index in [1.807, 2.05) is 13.8 Å². The van der Waals surface area contributed by atoms with Gasteiger partial charge in [-0.25, -0.2) is 0 Å². The predicted molar refractivity (Wildman–Crippen MR) is 65.5 cm³/mol. The third kappa shape index (κ3) is 2.55. The van der Waals surface area contributed by atoms with Gasteiger partial charge in [0, 0.05) is 12.1 Å². The van der Waals surface area contributed by atoms with Gasteiger partial charge in [-0.1, -0.05) is 20.3 Å². The van der Waals surface area contributed by atoms with Gasteiger partial charge in [-0.2, -0.15) is 0 Å². The van der Waals surface area contributed by atoms with Gasteiger partial charge in [-0.3, -0.25) is 9.59 Å². The first-order valence-corrected chi connectivity index (χ1v) is 6.21. The summed E-state index contributed by atoms with van der Waals surface area (Å²) in [5.41, 5.74) is 0.904. The summed E-state index contributed by atoms with van der Waals surface area (Å²) < 4.78 is 4.98. The molecule has 0 aliphatic carbocycles. The summed E-state index contributed by atoms with van der Waals surface area (Å²) in [4.78, 5) is 25.5. The van der Waals surface area contributed by atoms with Gasteiger partial charge in [-0.15, -0.1) is 0 Å². The molecule has 2 rings (SSSR count). The van der Waals surface area contributed by atoms with Crippen molar-refractivity contribution in [2.75, 3.05) is 6.54 Å². The number of nitrogens with zero attached hydrogens (tertiary/aromatic N) is 1. The molecule has 18 heavy (non-hydrogen) atoms. The molecule has 98 valence electrons. The van der Waals surface area contributed by atoms with Gasteiger partial charge in [0.2, 0.25) is 11.8 Å². The fourth-order valence-electron chi connectivity index (χ4n) is 2.09. The van der Waals surface area contributed by atoms with E-state index in [2.05, 4.69) is 5.32 Å². The van der Waals surface area contributed by atoms with Gasteiger partial charge >= 0.3 is 0 Å². The molecule has 2 amide bonds. The summed E-state index contributed by atoms with van der Waals surface area (Å²) in [7, 11) is 0. The van der Waals surface area contributed by atoms with Crippen LogP contribution in [-0.4, -0.2) is 29.3 Å². The fourth-order valence-corrected chi connectivity index (χ4v) is 2.09. The Kier molecular flexibility index (Phi) is 3.69. The van der Waals surface area contributed by atoms with E-state index >= 15 is 0 Å². The molecular weight excluding hydrogens is 232 g/mol. The number of carbonyl (C=O) groups excluding carboxylic acids is 2. The van der Waals surface area contributed by atoms with Crippen LogP contribution >= 0.6 is 0 Å². The molecule has 1 aromatic heterocycles. The smallest absolute Gasteiger partial charge is 0.246 e. The van der Waals surface area contributed by atoms with Crippen LogP contribution in [-0.2, 0) is 16.1 Å². The molecule has 1 aromatic rings. The highest BCUT2D eigenvalue weighted by Crippen LogP contribution is 2.16. The van der Waals surface area contributed by atoms with Gasteiger partial charge in [0.05, 0.1) is 19.1 Å². The first-order chi connectivity index (χ1) is 8.61. The van der Waals surface area contributed by atoms with Gasteiger partial charge in [0.1, 0.15) is 6.04 Å². The summed E-state index contributed by atoms with van der Waals surface area (Å²) >= 11 is 0. The van der Waals surface area contributed by atoms with Crippen molar-refractivity contribution in [3.8, 4) is 0 Å². The zero-order chi connectivity index (χ0) is 13.1. The van der Waals surface area contributed by atoms with Gasteiger partial charge in [0.15, 0.2) is 0 Å². The van der Waals surface area contributed by atoms with Crippen LogP contribution in [0.25, 0.3) is 0 Å². The SMILES string of the molecule is CCC(C)C1NC(=O)CN(Cc2ccoc2)C1=O. The Balaban J connectivity index is 2.10. The number of nitrogens with one attached hydrogen (secondary N) is 1. The molecule has 5 nitrogen and oxygen atoms in total. The zero-order valence-electron chi connectivity index (χ0n) is 10.7. The molecule has 1 aliphatic heterocycles. The topological polar surface area (TPSA) is 62.6 Å². The number of hydrogen-bond donors (Lipinski definition) is 1. The number of furan rings is 1. The number of rotatable bonds is 4. The highest BCUT2D eigenvalue weighted by Gasteiger charge is 2.35. The quantitative estimate of drug-likeness (QED) is 0.872. The van der Waals surface area contributed by atoms with E-state index in [0.717, 1.165) is 12.0 Å². The molecule has 2 unspecified atom stereocenters. The largest absolute Gasteiger partial charge is 0.472 e. The van der Waals surface area contributed by atoms with E-state index in [-0.39, 0.29) is 24.3 Å². The summed E-state index contributed by atoms with van der Waals surface area (Å²) in [5, 5.41) is 2.77. The van der Waals surface area contributed by atoms with Gasteiger partial charge in [0.25, 0.3) is 0 Å². The average Bonchev–Trinajstić information content (AvgIpc) is 2.85. The maximum absolute atomic E-state index is 12.3. The second-order valence-electron chi connectivity index (χ2n) is 4.76. The Morgan fingerprint density at radius 3 is 2.94 bits per heavy atom. The lowest BCUT2D eigenvalue weighted by Crippen LogP contribution is -2.59. The minimum absolute atomic E-state index is 0.00912. The number of amides is 2. The Morgan fingerprint density at radius 1 is 1.56 bits per heavy atom. The van der Waals surface area contributed by atoms with Crippen LogP contribution in [0.2, 0.25) is 0 Å². The lowest BCUT2D eigenvalue weighted by atomic mass is 9.96. The van der Waals surface area contributed by atoms with Crippen LogP contribution in [0.3, 0.4) is 0 Å². The van der Waals surface area contributed by atoms with E-state index in [1.165, 1.54) is 0 Å². The van der Waals surface area contributed by atoms with Crippen LogP contribution in [0.4, 0.5) is 0 Å². The second-order valence-corrected chi connectivity index (χ2v) is 4.76. The molecule has 2 atom stereocenters. The molecule has 0 saturated carbocycles. The van der Waals surface area contributed by atoms with Crippen LogP contribution in [0.1, 0.15) is 25.8 Å². The molecule has 1 saturated heterocycles. The van der Waals surface area contributed by atoms with Crippen LogP contribution in [0.15, 0.2) is 23.0 Å². The third-order valence-electron chi connectivity index (χ3n) is 3.40. The number of carbonyl (C=O) groups is 2.